The van der Waals surface area contributed by atoms with Crippen LogP contribution < -0.4 is 21.1 Å². The van der Waals surface area contributed by atoms with Gasteiger partial charge in [0.25, 0.3) is 5.91 Å². The van der Waals surface area contributed by atoms with Crippen LogP contribution in [0.15, 0.2) is 18.2 Å². The molecule has 1 heterocycles. The van der Waals surface area contributed by atoms with E-state index in [2.05, 4.69) is 33.8 Å². The van der Waals surface area contributed by atoms with Gasteiger partial charge in [-0.15, -0.1) is 0 Å². The SMILES string of the molecule is CCCCN(CCCC)CCCNC(=O)Nc1snc(OCc2ccc(C)cc2F)c1C(N)=O. The van der Waals surface area contributed by atoms with Crippen LogP contribution in [0.4, 0.5) is 14.2 Å². The van der Waals surface area contributed by atoms with Crippen molar-refractivity contribution in [1.82, 2.24) is 14.6 Å². The Labute approximate surface area is 205 Å². The molecule has 8 nitrogen and oxygen atoms in total. The zero-order valence-electron chi connectivity index (χ0n) is 20.3. The Kier molecular flexibility index (Phi) is 11.8. The number of carbonyl (C=O) groups is 2. The second-order valence-electron chi connectivity index (χ2n) is 8.22. The highest BCUT2D eigenvalue weighted by Crippen LogP contribution is 2.30. The molecular weight excluding hydrogens is 457 g/mol. The molecule has 0 spiro atoms. The lowest BCUT2D eigenvalue weighted by Crippen LogP contribution is -2.33. The van der Waals surface area contributed by atoms with E-state index in [-0.39, 0.29) is 23.1 Å². The van der Waals surface area contributed by atoms with Crippen LogP contribution in [0.1, 0.15) is 67.4 Å². The number of aromatic nitrogens is 1. The molecule has 3 amide bonds. The van der Waals surface area contributed by atoms with Gasteiger partial charge in [0.05, 0.1) is 0 Å². The fourth-order valence-corrected chi connectivity index (χ4v) is 4.08. The molecule has 1 aromatic carbocycles. The van der Waals surface area contributed by atoms with E-state index in [4.69, 9.17) is 10.5 Å². The number of nitrogens with zero attached hydrogens (tertiary/aromatic N) is 2. The summed E-state index contributed by atoms with van der Waals surface area (Å²) >= 11 is 0.887. The van der Waals surface area contributed by atoms with E-state index >= 15 is 0 Å². The molecule has 0 saturated heterocycles. The Morgan fingerprint density at radius 1 is 1.15 bits per heavy atom. The molecule has 0 aliphatic heterocycles. The van der Waals surface area contributed by atoms with Crippen molar-refractivity contribution in [3.8, 4) is 5.88 Å². The Morgan fingerprint density at radius 2 is 1.82 bits per heavy atom. The number of primary amides is 1. The maximum absolute atomic E-state index is 14.1. The molecule has 0 unspecified atom stereocenters. The first kappa shape index (κ1) is 27.5. The molecule has 0 aliphatic carbocycles. The van der Waals surface area contributed by atoms with E-state index in [9.17, 15) is 14.0 Å². The zero-order valence-corrected chi connectivity index (χ0v) is 21.1. The molecule has 0 fully saturated rings. The van der Waals surface area contributed by atoms with Gasteiger partial charge in [0.15, 0.2) is 0 Å². The number of amides is 3. The first-order valence-electron chi connectivity index (χ1n) is 11.8. The van der Waals surface area contributed by atoms with Crippen molar-refractivity contribution in [2.24, 2.45) is 5.73 Å². The largest absolute Gasteiger partial charge is 0.471 e. The zero-order chi connectivity index (χ0) is 24.9. The molecule has 0 bridgehead atoms. The van der Waals surface area contributed by atoms with Gasteiger partial charge in [0, 0.05) is 12.1 Å². The van der Waals surface area contributed by atoms with Crippen LogP contribution >= 0.6 is 11.5 Å². The lowest BCUT2D eigenvalue weighted by atomic mass is 10.1. The van der Waals surface area contributed by atoms with E-state index < -0.39 is 17.8 Å². The van der Waals surface area contributed by atoms with Gasteiger partial charge in [0.2, 0.25) is 5.88 Å². The predicted molar refractivity (Wildman–Crippen MR) is 134 cm³/mol. The van der Waals surface area contributed by atoms with E-state index in [1.807, 2.05) is 0 Å². The molecule has 0 atom stereocenters. The number of halogens is 1. The summed E-state index contributed by atoms with van der Waals surface area (Å²) in [7, 11) is 0. The van der Waals surface area contributed by atoms with Crippen molar-refractivity contribution >= 4 is 28.5 Å². The van der Waals surface area contributed by atoms with Gasteiger partial charge >= 0.3 is 6.03 Å². The molecule has 10 heteroatoms. The number of nitrogens with two attached hydrogens (primary N) is 1. The Balaban J connectivity index is 1.87. The van der Waals surface area contributed by atoms with Crippen molar-refractivity contribution in [2.75, 3.05) is 31.5 Å². The highest BCUT2D eigenvalue weighted by atomic mass is 32.1. The Morgan fingerprint density at radius 3 is 2.44 bits per heavy atom. The lowest BCUT2D eigenvalue weighted by Gasteiger charge is -2.21. The average molecular weight is 494 g/mol. The number of ether oxygens (including phenoxy) is 1. The quantitative estimate of drug-likeness (QED) is 0.312. The summed E-state index contributed by atoms with van der Waals surface area (Å²) in [5.74, 6) is -1.22. The van der Waals surface area contributed by atoms with Crippen LogP contribution in [-0.2, 0) is 6.61 Å². The second-order valence-corrected chi connectivity index (χ2v) is 9.00. The summed E-state index contributed by atoms with van der Waals surface area (Å²) in [6, 6.07) is 4.33. The van der Waals surface area contributed by atoms with Crippen LogP contribution in [0.3, 0.4) is 0 Å². The molecule has 0 aliphatic rings. The Hall–Kier alpha value is -2.72. The molecular formula is C24H36FN5O3S. The standard InChI is InChI=1S/C24H36FN5O3S/c1-4-6-12-30(13-7-5-2)14-8-11-27-24(32)28-23-20(21(26)31)22(29-34-23)33-16-18-10-9-17(3)15-19(18)25/h9-10,15H,4-8,11-14,16H2,1-3H3,(H2,26,31)(H2,27,28,32). The number of unbranched alkanes of at least 4 members (excludes halogenated alkanes) is 2. The summed E-state index contributed by atoms with van der Waals surface area (Å²) in [6.07, 6.45) is 5.47. The van der Waals surface area contributed by atoms with Gasteiger partial charge in [0.1, 0.15) is 23.0 Å². The summed E-state index contributed by atoms with van der Waals surface area (Å²) in [5, 5.41) is 5.62. The number of hydrogen-bond acceptors (Lipinski definition) is 6. The summed E-state index contributed by atoms with van der Waals surface area (Å²) in [5.41, 5.74) is 6.57. The van der Waals surface area contributed by atoms with Gasteiger partial charge in [-0.05, 0) is 69.0 Å². The fourth-order valence-electron chi connectivity index (χ4n) is 3.34. The number of benzene rings is 1. The number of hydrogen-bond donors (Lipinski definition) is 3. The number of rotatable bonds is 15. The molecule has 1 aromatic heterocycles. The summed E-state index contributed by atoms with van der Waals surface area (Å²) in [4.78, 5) is 26.7. The van der Waals surface area contributed by atoms with Gasteiger partial charge in [-0.1, -0.05) is 38.8 Å². The van der Waals surface area contributed by atoms with Crippen LogP contribution in [0.2, 0.25) is 0 Å². The van der Waals surface area contributed by atoms with Crippen LogP contribution in [-0.4, -0.2) is 47.4 Å². The van der Waals surface area contributed by atoms with Crippen molar-refractivity contribution in [2.45, 2.75) is 59.5 Å². The van der Waals surface area contributed by atoms with E-state index in [1.54, 1.807) is 19.1 Å². The second kappa shape index (κ2) is 14.5. The fraction of sp³-hybridized carbons (Fsp3) is 0.542. The van der Waals surface area contributed by atoms with Gasteiger partial charge in [-0.2, -0.15) is 4.37 Å². The lowest BCUT2D eigenvalue weighted by molar-refractivity contribution is 0.0996. The number of anilines is 1. The predicted octanol–water partition coefficient (Wildman–Crippen LogP) is 4.68. The molecule has 2 rings (SSSR count). The van der Waals surface area contributed by atoms with Crippen LogP contribution in [0.25, 0.3) is 0 Å². The van der Waals surface area contributed by atoms with Gasteiger partial charge in [-0.3, -0.25) is 10.1 Å². The third kappa shape index (κ3) is 8.90. The highest BCUT2D eigenvalue weighted by molar-refractivity contribution is 7.11. The van der Waals surface area contributed by atoms with Crippen molar-refractivity contribution in [3.63, 3.8) is 0 Å². The van der Waals surface area contributed by atoms with Gasteiger partial charge < -0.3 is 20.7 Å². The summed E-state index contributed by atoms with van der Waals surface area (Å²) in [6.45, 7) is 9.59. The van der Waals surface area contributed by atoms with E-state index in [1.165, 1.54) is 18.9 Å². The number of urea groups is 1. The molecule has 4 N–H and O–H groups in total. The Bertz CT molecular complexity index is 929. The first-order chi connectivity index (χ1) is 16.3. The van der Waals surface area contributed by atoms with Crippen molar-refractivity contribution < 1.29 is 18.7 Å². The minimum atomic E-state index is -0.786. The van der Waals surface area contributed by atoms with E-state index in [0.29, 0.717) is 12.1 Å². The van der Waals surface area contributed by atoms with Gasteiger partial charge in [-0.25, -0.2) is 9.18 Å². The minimum absolute atomic E-state index is 0.0297. The van der Waals surface area contributed by atoms with Crippen molar-refractivity contribution in [1.29, 1.82) is 0 Å². The maximum Gasteiger partial charge on any atom is 0.319 e. The monoisotopic (exact) mass is 493 g/mol. The van der Waals surface area contributed by atoms with Crippen LogP contribution in [0.5, 0.6) is 5.88 Å². The number of nitrogens with one attached hydrogen (secondary N) is 2. The molecule has 0 saturated carbocycles. The molecule has 34 heavy (non-hydrogen) atoms. The van der Waals surface area contributed by atoms with E-state index in [0.717, 1.165) is 56.0 Å². The normalized spacial score (nSPS) is 11.0. The number of carbonyl (C=O) groups excluding carboxylic acids is 2. The number of aryl methyl sites for hydroxylation is 1. The third-order valence-corrected chi connectivity index (χ3v) is 6.05. The molecule has 2 aromatic rings. The summed E-state index contributed by atoms with van der Waals surface area (Å²) < 4.78 is 23.7. The smallest absolute Gasteiger partial charge is 0.319 e. The highest BCUT2D eigenvalue weighted by Gasteiger charge is 2.22. The van der Waals surface area contributed by atoms with Crippen molar-refractivity contribution in [3.05, 3.63) is 40.7 Å². The average Bonchev–Trinajstić information content (AvgIpc) is 3.19. The first-order valence-corrected chi connectivity index (χ1v) is 12.6. The van der Waals surface area contributed by atoms with Crippen LogP contribution in [0, 0.1) is 12.7 Å². The minimum Gasteiger partial charge on any atom is -0.471 e. The molecule has 188 valence electrons. The maximum atomic E-state index is 14.1. The third-order valence-electron chi connectivity index (χ3n) is 5.30. The topological polar surface area (TPSA) is 110 Å². The molecule has 0 radical (unpaired) electrons.